The number of hydrogen-bond acceptors (Lipinski definition) is 4. The molecule has 0 fully saturated rings. The van der Waals surface area contributed by atoms with E-state index in [4.69, 9.17) is 9.47 Å². The zero-order valence-corrected chi connectivity index (χ0v) is 18.7. The second-order valence-electron chi connectivity index (χ2n) is 7.62. The molecule has 2 amide bonds. The van der Waals surface area contributed by atoms with Crippen molar-refractivity contribution in [3.8, 4) is 0 Å². The number of carbonyl (C=O) groups excluding carboxylic acids is 2. The van der Waals surface area contributed by atoms with E-state index in [0.29, 0.717) is 12.3 Å². The summed E-state index contributed by atoms with van der Waals surface area (Å²) in [4.78, 5) is 25.2. The predicted octanol–water partition coefficient (Wildman–Crippen LogP) is 4.89. The Morgan fingerprint density at radius 3 is 2.24 bits per heavy atom. The monoisotopic (exact) mass is 462 g/mol. The van der Waals surface area contributed by atoms with E-state index in [-0.39, 0.29) is 0 Å². The number of alkyl carbamates (subject to hydrolysis) is 1. The summed E-state index contributed by atoms with van der Waals surface area (Å²) in [5.41, 5.74) is 0.915. The number of nitrogens with one attached hydrogen (secondary N) is 2. The third-order valence-corrected chi connectivity index (χ3v) is 4.42. The normalized spacial score (nSPS) is 13.3. The van der Waals surface area contributed by atoms with Gasteiger partial charge in [-0.3, -0.25) is 4.79 Å². The third-order valence-electron chi connectivity index (χ3n) is 3.89. The zero-order chi connectivity index (χ0) is 21.4. The van der Waals surface area contributed by atoms with Gasteiger partial charge in [-0.15, -0.1) is 0 Å². The van der Waals surface area contributed by atoms with Crippen LogP contribution >= 0.6 is 15.9 Å². The van der Waals surface area contributed by atoms with Gasteiger partial charge in [-0.1, -0.05) is 46.3 Å². The molecule has 0 bridgehead atoms. The number of hydrogen-bond donors (Lipinski definition) is 2. The lowest BCUT2D eigenvalue weighted by molar-refractivity contribution is -0.122. The number of halogens is 1. The topological polar surface area (TPSA) is 76.7 Å². The van der Waals surface area contributed by atoms with Gasteiger partial charge in [-0.2, -0.15) is 0 Å². The summed E-state index contributed by atoms with van der Waals surface area (Å²) in [6, 6.07) is 15.9. The van der Waals surface area contributed by atoms with Gasteiger partial charge in [0, 0.05) is 10.2 Å². The molecule has 0 aliphatic rings. The van der Waals surface area contributed by atoms with Crippen LogP contribution in [-0.4, -0.2) is 29.7 Å². The van der Waals surface area contributed by atoms with Gasteiger partial charge >= 0.3 is 6.09 Å². The first-order valence-corrected chi connectivity index (χ1v) is 10.1. The van der Waals surface area contributed by atoms with Gasteiger partial charge in [0.15, 0.2) is 0 Å². The van der Waals surface area contributed by atoms with Crippen LogP contribution in [0.25, 0.3) is 0 Å². The molecule has 2 atom stereocenters. The second-order valence-corrected chi connectivity index (χ2v) is 8.54. The molecule has 6 nitrogen and oxygen atoms in total. The molecule has 29 heavy (non-hydrogen) atoms. The molecule has 0 aromatic heterocycles. The SMILES string of the molecule is C[C@H](OCc1ccccc1)[C@H](NC(=O)OC(C)(C)C)C(=O)Nc1ccc(Br)cc1. The fraction of sp³-hybridized carbons (Fsp3) is 0.364. The summed E-state index contributed by atoms with van der Waals surface area (Å²) in [6.45, 7) is 7.35. The van der Waals surface area contributed by atoms with Crippen LogP contribution in [-0.2, 0) is 20.9 Å². The number of ether oxygens (including phenoxy) is 2. The van der Waals surface area contributed by atoms with Gasteiger partial charge in [0.25, 0.3) is 0 Å². The molecular weight excluding hydrogens is 436 g/mol. The zero-order valence-electron chi connectivity index (χ0n) is 17.1. The highest BCUT2D eigenvalue weighted by molar-refractivity contribution is 9.10. The fourth-order valence-electron chi connectivity index (χ4n) is 2.48. The summed E-state index contributed by atoms with van der Waals surface area (Å²) < 4.78 is 12.1. The van der Waals surface area contributed by atoms with Crippen LogP contribution in [0.5, 0.6) is 0 Å². The van der Waals surface area contributed by atoms with E-state index in [0.717, 1.165) is 10.0 Å². The molecule has 2 N–H and O–H groups in total. The van der Waals surface area contributed by atoms with Gasteiger partial charge in [0.1, 0.15) is 11.6 Å². The van der Waals surface area contributed by atoms with Gasteiger partial charge < -0.3 is 20.1 Å². The van der Waals surface area contributed by atoms with E-state index in [2.05, 4.69) is 26.6 Å². The second kappa shape index (κ2) is 10.4. The Kier molecular flexibility index (Phi) is 8.22. The van der Waals surface area contributed by atoms with Gasteiger partial charge in [-0.25, -0.2) is 4.79 Å². The van der Waals surface area contributed by atoms with Crippen molar-refractivity contribution in [1.29, 1.82) is 0 Å². The highest BCUT2D eigenvalue weighted by Gasteiger charge is 2.30. The third kappa shape index (κ3) is 8.25. The van der Waals surface area contributed by atoms with Crippen molar-refractivity contribution in [2.45, 2.75) is 52.0 Å². The standard InChI is InChI=1S/C22H27BrN2O4/c1-15(28-14-16-8-6-5-7-9-16)19(25-21(27)29-22(2,3)4)20(26)24-18-12-10-17(23)11-13-18/h5-13,15,19H,14H2,1-4H3,(H,24,26)(H,25,27)/t15-,19-/m0/s1. The smallest absolute Gasteiger partial charge is 0.408 e. The first-order chi connectivity index (χ1) is 13.6. The maximum absolute atomic E-state index is 12.9. The molecule has 7 heteroatoms. The van der Waals surface area contributed by atoms with E-state index in [1.165, 1.54) is 0 Å². The lowest BCUT2D eigenvalue weighted by Crippen LogP contribution is -2.52. The molecular formula is C22H27BrN2O4. The minimum atomic E-state index is -0.933. The molecule has 0 saturated carbocycles. The Balaban J connectivity index is 2.09. The summed E-state index contributed by atoms with van der Waals surface area (Å²) in [7, 11) is 0. The highest BCUT2D eigenvalue weighted by Crippen LogP contribution is 2.16. The van der Waals surface area contributed by atoms with Crippen LogP contribution in [0.3, 0.4) is 0 Å². The Morgan fingerprint density at radius 1 is 1.03 bits per heavy atom. The molecule has 0 saturated heterocycles. The molecule has 156 valence electrons. The number of rotatable bonds is 7. The summed E-state index contributed by atoms with van der Waals surface area (Å²) in [5, 5.41) is 5.44. The average molecular weight is 463 g/mol. The molecule has 0 aliphatic heterocycles. The van der Waals surface area contributed by atoms with Crippen molar-refractivity contribution >= 4 is 33.6 Å². The molecule has 2 aromatic rings. The quantitative estimate of drug-likeness (QED) is 0.614. The molecule has 2 rings (SSSR count). The Bertz CT molecular complexity index is 804. The Hall–Kier alpha value is -2.38. The molecule has 0 spiro atoms. The van der Waals surface area contributed by atoms with E-state index in [9.17, 15) is 9.59 Å². The van der Waals surface area contributed by atoms with Crippen LogP contribution in [0.1, 0.15) is 33.3 Å². The van der Waals surface area contributed by atoms with Crippen molar-refractivity contribution < 1.29 is 19.1 Å². The van der Waals surface area contributed by atoms with Crippen LogP contribution in [0.2, 0.25) is 0 Å². The van der Waals surface area contributed by atoms with Crippen molar-refractivity contribution in [2.75, 3.05) is 5.32 Å². The fourth-order valence-corrected chi connectivity index (χ4v) is 2.75. The maximum atomic E-state index is 12.9. The van der Waals surface area contributed by atoms with Crippen LogP contribution in [0.4, 0.5) is 10.5 Å². The summed E-state index contributed by atoms with van der Waals surface area (Å²) in [5.74, 6) is -0.390. The molecule has 0 heterocycles. The number of carbonyl (C=O) groups is 2. The van der Waals surface area contributed by atoms with Crippen molar-refractivity contribution in [3.05, 3.63) is 64.6 Å². The maximum Gasteiger partial charge on any atom is 0.408 e. The largest absolute Gasteiger partial charge is 0.444 e. The summed E-state index contributed by atoms with van der Waals surface area (Å²) in [6.07, 6.45) is -1.26. The highest BCUT2D eigenvalue weighted by atomic mass is 79.9. The van der Waals surface area contributed by atoms with Crippen molar-refractivity contribution in [2.24, 2.45) is 0 Å². The lowest BCUT2D eigenvalue weighted by atomic mass is 10.1. The van der Waals surface area contributed by atoms with E-state index < -0.39 is 29.7 Å². The van der Waals surface area contributed by atoms with E-state index >= 15 is 0 Å². The lowest BCUT2D eigenvalue weighted by Gasteiger charge is -2.27. The first kappa shape index (κ1) is 22.9. The number of benzene rings is 2. The minimum absolute atomic E-state index is 0.320. The molecule has 2 aromatic carbocycles. The number of amides is 2. The summed E-state index contributed by atoms with van der Waals surface area (Å²) >= 11 is 3.36. The average Bonchev–Trinajstić information content (AvgIpc) is 2.65. The minimum Gasteiger partial charge on any atom is -0.444 e. The first-order valence-electron chi connectivity index (χ1n) is 9.35. The van der Waals surface area contributed by atoms with E-state index in [1.807, 2.05) is 42.5 Å². The molecule has 0 unspecified atom stereocenters. The van der Waals surface area contributed by atoms with Gasteiger partial charge in [-0.05, 0) is 57.5 Å². The van der Waals surface area contributed by atoms with Crippen LogP contribution < -0.4 is 10.6 Å². The Morgan fingerprint density at radius 2 is 1.66 bits per heavy atom. The predicted molar refractivity (Wildman–Crippen MR) is 117 cm³/mol. The van der Waals surface area contributed by atoms with Crippen molar-refractivity contribution in [3.63, 3.8) is 0 Å². The van der Waals surface area contributed by atoms with Crippen molar-refractivity contribution in [1.82, 2.24) is 5.32 Å². The molecule has 0 radical (unpaired) electrons. The molecule has 0 aliphatic carbocycles. The Labute approximate surface area is 180 Å². The number of anilines is 1. The van der Waals surface area contributed by atoms with E-state index in [1.54, 1.807) is 39.8 Å². The van der Waals surface area contributed by atoms with Crippen LogP contribution in [0.15, 0.2) is 59.1 Å². The van der Waals surface area contributed by atoms with Gasteiger partial charge in [0.05, 0.1) is 12.7 Å². The van der Waals surface area contributed by atoms with Crippen LogP contribution in [0, 0.1) is 0 Å². The van der Waals surface area contributed by atoms with Gasteiger partial charge in [0.2, 0.25) is 5.91 Å².